The van der Waals surface area contributed by atoms with Crippen LogP contribution in [-0.2, 0) is 0 Å². The first kappa shape index (κ1) is 14.9. The van der Waals surface area contributed by atoms with Gasteiger partial charge in [0.25, 0.3) is 0 Å². The maximum Gasteiger partial charge on any atom is 0.119 e. The van der Waals surface area contributed by atoms with Crippen molar-refractivity contribution in [2.45, 2.75) is 59.0 Å². The van der Waals surface area contributed by atoms with Crippen molar-refractivity contribution in [3.8, 4) is 5.75 Å². The molecule has 0 radical (unpaired) electrons. The minimum Gasteiger partial charge on any atom is -0.491 e. The van der Waals surface area contributed by atoms with E-state index in [-0.39, 0.29) is 6.10 Å². The average molecular weight is 249 g/mol. The van der Waals surface area contributed by atoms with Gasteiger partial charge in [0.15, 0.2) is 0 Å². The Morgan fingerprint density at radius 2 is 1.78 bits per heavy atom. The minimum absolute atomic E-state index is 0.290. The summed E-state index contributed by atoms with van der Waals surface area (Å²) in [6, 6.07) is 8.27. The van der Waals surface area contributed by atoms with E-state index < -0.39 is 0 Å². The number of anilines is 1. The lowest BCUT2D eigenvalue weighted by molar-refractivity contribution is 0.217. The van der Waals surface area contributed by atoms with Gasteiger partial charge in [-0.2, -0.15) is 0 Å². The van der Waals surface area contributed by atoms with E-state index in [9.17, 15) is 0 Å². The largest absolute Gasteiger partial charge is 0.491 e. The molecule has 1 aromatic carbocycles. The highest BCUT2D eigenvalue weighted by Crippen LogP contribution is 2.17. The van der Waals surface area contributed by atoms with Crippen molar-refractivity contribution in [3.63, 3.8) is 0 Å². The fourth-order valence-electron chi connectivity index (χ4n) is 1.75. The number of ether oxygens (including phenoxy) is 1. The molecule has 0 aliphatic heterocycles. The van der Waals surface area contributed by atoms with Gasteiger partial charge in [-0.3, -0.25) is 0 Å². The van der Waals surface area contributed by atoms with Crippen LogP contribution in [0.5, 0.6) is 5.75 Å². The molecular formula is C16H27NO. The van der Waals surface area contributed by atoms with Crippen LogP contribution in [0, 0.1) is 0 Å². The van der Waals surface area contributed by atoms with Crippen molar-refractivity contribution >= 4 is 5.69 Å². The molecule has 1 unspecified atom stereocenters. The van der Waals surface area contributed by atoms with Gasteiger partial charge in [0.1, 0.15) is 5.75 Å². The van der Waals surface area contributed by atoms with Crippen LogP contribution in [0.3, 0.4) is 0 Å². The molecule has 0 heterocycles. The Morgan fingerprint density at radius 3 is 2.39 bits per heavy atom. The maximum atomic E-state index is 5.75. The van der Waals surface area contributed by atoms with Crippen LogP contribution in [-0.4, -0.2) is 12.6 Å². The predicted octanol–water partition coefficient (Wildman–Crippen LogP) is 4.86. The third-order valence-corrected chi connectivity index (χ3v) is 3.13. The lowest BCUT2D eigenvalue weighted by atomic mass is 10.2. The number of hydrogen-bond donors (Lipinski definition) is 1. The quantitative estimate of drug-likeness (QED) is 0.631. The molecule has 0 saturated heterocycles. The maximum absolute atomic E-state index is 5.75. The van der Waals surface area contributed by atoms with E-state index in [1.807, 2.05) is 12.1 Å². The number of nitrogens with one attached hydrogen (secondary N) is 1. The van der Waals surface area contributed by atoms with Gasteiger partial charge in [-0.15, -0.1) is 0 Å². The zero-order valence-electron chi connectivity index (χ0n) is 12.0. The predicted molar refractivity (Wildman–Crippen MR) is 79.5 cm³/mol. The molecule has 1 N–H and O–H groups in total. The standard InChI is InChI=1S/C16H27NO/c1-4-6-7-8-13-17-15-9-11-16(12-10-15)18-14(3)5-2/h9-12,14,17H,4-8,13H2,1-3H3. The molecule has 0 fully saturated rings. The van der Waals surface area contributed by atoms with Crippen molar-refractivity contribution in [2.24, 2.45) is 0 Å². The second kappa shape index (κ2) is 8.84. The van der Waals surface area contributed by atoms with Crippen molar-refractivity contribution in [1.29, 1.82) is 0 Å². The van der Waals surface area contributed by atoms with Gasteiger partial charge in [-0.1, -0.05) is 33.1 Å². The molecule has 102 valence electrons. The van der Waals surface area contributed by atoms with Crippen molar-refractivity contribution in [3.05, 3.63) is 24.3 Å². The molecule has 1 rings (SSSR count). The first-order valence-corrected chi connectivity index (χ1v) is 7.26. The summed E-state index contributed by atoms with van der Waals surface area (Å²) < 4.78 is 5.75. The van der Waals surface area contributed by atoms with Gasteiger partial charge in [-0.25, -0.2) is 0 Å². The topological polar surface area (TPSA) is 21.3 Å². The summed E-state index contributed by atoms with van der Waals surface area (Å²) in [5, 5.41) is 3.44. The van der Waals surface area contributed by atoms with Crippen LogP contribution in [0.15, 0.2) is 24.3 Å². The number of rotatable bonds is 9. The number of unbranched alkanes of at least 4 members (excludes halogenated alkanes) is 3. The van der Waals surface area contributed by atoms with E-state index in [4.69, 9.17) is 4.74 Å². The zero-order valence-corrected chi connectivity index (χ0v) is 12.0. The fraction of sp³-hybridized carbons (Fsp3) is 0.625. The normalized spacial score (nSPS) is 12.2. The molecule has 18 heavy (non-hydrogen) atoms. The van der Waals surface area contributed by atoms with Gasteiger partial charge in [0.2, 0.25) is 0 Å². The van der Waals surface area contributed by atoms with E-state index in [0.29, 0.717) is 0 Å². The second-order valence-electron chi connectivity index (χ2n) is 4.85. The van der Waals surface area contributed by atoms with Crippen molar-refractivity contribution in [1.82, 2.24) is 0 Å². The Balaban J connectivity index is 2.27. The van der Waals surface area contributed by atoms with Gasteiger partial charge >= 0.3 is 0 Å². The Hall–Kier alpha value is -1.18. The molecule has 2 nitrogen and oxygen atoms in total. The summed E-state index contributed by atoms with van der Waals surface area (Å²) in [4.78, 5) is 0. The van der Waals surface area contributed by atoms with Crippen LogP contribution in [0.2, 0.25) is 0 Å². The molecule has 0 aliphatic carbocycles. The number of hydrogen-bond acceptors (Lipinski definition) is 2. The van der Waals surface area contributed by atoms with Crippen LogP contribution >= 0.6 is 0 Å². The second-order valence-corrected chi connectivity index (χ2v) is 4.85. The van der Waals surface area contributed by atoms with E-state index in [1.165, 1.54) is 31.4 Å². The highest BCUT2D eigenvalue weighted by Gasteiger charge is 2.00. The van der Waals surface area contributed by atoms with E-state index in [0.717, 1.165) is 18.7 Å². The first-order chi connectivity index (χ1) is 8.76. The summed E-state index contributed by atoms with van der Waals surface area (Å²) in [6.45, 7) is 7.53. The lowest BCUT2D eigenvalue weighted by Gasteiger charge is -2.13. The van der Waals surface area contributed by atoms with E-state index >= 15 is 0 Å². The highest BCUT2D eigenvalue weighted by molar-refractivity contribution is 5.46. The SMILES string of the molecule is CCCCCCNc1ccc(OC(C)CC)cc1. The van der Waals surface area contributed by atoms with Gasteiger partial charge in [0, 0.05) is 12.2 Å². The number of benzene rings is 1. The van der Waals surface area contributed by atoms with Crippen LogP contribution < -0.4 is 10.1 Å². The summed E-state index contributed by atoms with van der Waals surface area (Å²) >= 11 is 0. The first-order valence-electron chi connectivity index (χ1n) is 7.26. The van der Waals surface area contributed by atoms with Gasteiger partial charge in [0.05, 0.1) is 6.10 Å². The fourth-order valence-corrected chi connectivity index (χ4v) is 1.75. The summed E-state index contributed by atoms with van der Waals surface area (Å²) in [6.07, 6.45) is 6.53. The van der Waals surface area contributed by atoms with E-state index in [2.05, 4.69) is 38.2 Å². The van der Waals surface area contributed by atoms with Crippen LogP contribution in [0.1, 0.15) is 52.9 Å². The molecule has 1 atom stereocenters. The minimum atomic E-state index is 0.290. The Kier molecular flexibility index (Phi) is 7.31. The summed E-state index contributed by atoms with van der Waals surface area (Å²) in [5.74, 6) is 0.959. The molecule has 0 aliphatic rings. The zero-order chi connectivity index (χ0) is 13.2. The smallest absolute Gasteiger partial charge is 0.119 e. The molecule has 0 saturated carbocycles. The molecule has 0 bridgehead atoms. The van der Waals surface area contributed by atoms with Gasteiger partial charge < -0.3 is 10.1 Å². The molecule has 0 amide bonds. The lowest BCUT2D eigenvalue weighted by Crippen LogP contribution is -2.09. The van der Waals surface area contributed by atoms with Crippen LogP contribution in [0.4, 0.5) is 5.69 Å². The van der Waals surface area contributed by atoms with Crippen molar-refractivity contribution in [2.75, 3.05) is 11.9 Å². The molecule has 0 aromatic heterocycles. The Labute approximate surface area is 112 Å². The Bertz CT molecular complexity index is 307. The third kappa shape index (κ3) is 5.95. The summed E-state index contributed by atoms with van der Waals surface area (Å²) in [5.41, 5.74) is 1.18. The molecule has 1 aromatic rings. The summed E-state index contributed by atoms with van der Waals surface area (Å²) in [7, 11) is 0. The average Bonchev–Trinajstić information content (AvgIpc) is 2.40. The van der Waals surface area contributed by atoms with Gasteiger partial charge in [-0.05, 0) is 44.0 Å². The van der Waals surface area contributed by atoms with Crippen molar-refractivity contribution < 1.29 is 4.74 Å². The van der Waals surface area contributed by atoms with Crippen LogP contribution in [0.25, 0.3) is 0 Å². The molecular weight excluding hydrogens is 222 g/mol. The Morgan fingerprint density at radius 1 is 1.06 bits per heavy atom. The molecule has 0 spiro atoms. The third-order valence-electron chi connectivity index (χ3n) is 3.13. The monoisotopic (exact) mass is 249 g/mol. The highest BCUT2D eigenvalue weighted by atomic mass is 16.5. The van der Waals surface area contributed by atoms with E-state index in [1.54, 1.807) is 0 Å². The molecule has 2 heteroatoms.